The predicted octanol–water partition coefficient (Wildman–Crippen LogP) is 3.96. The molecular weight excluding hydrogens is 483 g/mol. The van der Waals surface area contributed by atoms with Crippen LogP contribution in [0.15, 0.2) is 29.3 Å². The second kappa shape index (κ2) is 12.5. The Bertz CT molecular complexity index is 689. The van der Waals surface area contributed by atoms with E-state index in [-0.39, 0.29) is 24.0 Å². The van der Waals surface area contributed by atoms with Crippen LogP contribution in [0, 0.1) is 13.8 Å². The number of hydrogen-bond acceptors (Lipinski definition) is 4. The summed E-state index contributed by atoms with van der Waals surface area (Å²) in [5.74, 6) is 0.774. The Morgan fingerprint density at radius 2 is 2.04 bits per heavy atom. The molecule has 144 valence electrons. The SMILES string of the molecule is CN=C(NCCOCc1cccc(Cl)c1)NCCc1nc(C)c(C)s1.I. The monoisotopic (exact) mass is 508 g/mol. The fraction of sp³-hybridized carbons (Fsp3) is 0.444. The van der Waals surface area contributed by atoms with Crippen LogP contribution in [0.5, 0.6) is 0 Å². The normalized spacial score (nSPS) is 11.2. The number of benzene rings is 1. The van der Waals surface area contributed by atoms with Crippen molar-refractivity contribution < 1.29 is 4.74 Å². The minimum Gasteiger partial charge on any atom is -0.375 e. The van der Waals surface area contributed by atoms with E-state index in [2.05, 4.69) is 27.5 Å². The van der Waals surface area contributed by atoms with Gasteiger partial charge in [0.2, 0.25) is 0 Å². The number of halogens is 2. The van der Waals surface area contributed by atoms with Gasteiger partial charge in [-0.25, -0.2) is 4.98 Å². The third-order valence-electron chi connectivity index (χ3n) is 3.62. The van der Waals surface area contributed by atoms with Crippen LogP contribution < -0.4 is 10.6 Å². The van der Waals surface area contributed by atoms with E-state index in [0.717, 1.165) is 40.2 Å². The van der Waals surface area contributed by atoms with Gasteiger partial charge in [0.25, 0.3) is 0 Å². The van der Waals surface area contributed by atoms with Gasteiger partial charge in [-0.2, -0.15) is 0 Å². The lowest BCUT2D eigenvalue weighted by molar-refractivity contribution is 0.125. The molecule has 8 heteroatoms. The lowest BCUT2D eigenvalue weighted by Crippen LogP contribution is -2.39. The molecule has 1 aromatic carbocycles. The Morgan fingerprint density at radius 3 is 2.69 bits per heavy atom. The van der Waals surface area contributed by atoms with Crippen LogP contribution in [0.3, 0.4) is 0 Å². The van der Waals surface area contributed by atoms with E-state index < -0.39 is 0 Å². The van der Waals surface area contributed by atoms with Crippen LogP contribution >= 0.6 is 46.9 Å². The van der Waals surface area contributed by atoms with Crippen molar-refractivity contribution in [2.75, 3.05) is 26.7 Å². The van der Waals surface area contributed by atoms with Crippen LogP contribution in [0.2, 0.25) is 5.02 Å². The van der Waals surface area contributed by atoms with Crippen molar-refractivity contribution in [3.63, 3.8) is 0 Å². The van der Waals surface area contributed by atoms with Gasteiger partial charge in [0.1, 0.15) is 0 Å². The predicted molar refractivity (Wildman–Crippen MR) is 121 cm³/mol. The van der Waals surface area contributed by atoms with E-state index in [0.29, 0.717) is 19.8 Å². The summed E-state index contributed by atoms with van der Waals surface area (Å²) < 4.78 is 5.65. The molecule has 0 bridgehead atoms. The van der Waals surface area contributed by atoms with E-state index in [9.17, 15) is 0 Å². The minimum absolute atomic E-state index is 0. The number of thiazole rings is 1. The van der Waals surface area contributed by atoms with Crippen molar-refractivity contribution in [1.29, 1.82) is 0 Å². The molecule has 0 atom stereocenters. The molecule has 1 heterocycles. The highest BCUT2D eigenvalue weighted by Gasteiger charge is 2.04. The number of aryl methyl sites for hydroxylation is 2. The highest BCUT2D eigenvalue weighted by atomic mass is 127. The number of nitrogens with zero attached hydrogens (tertiary/aromatic N) is 2. The zero-order valence-electron chi connectivity index (χ0n) is 15.3. The molecule has 5 nitrogen and oxygen atoms in total. The highest BCUT2D eigenvalue weighted by Crippen LogP contribution is 2.16. The zero-order chi connectivity index (χ0) is 18.1. The first-order valence-corrected chi connectivity index (χ1v) is 9.47. The van der Waals surface area contributed by atoms with Crippen LogP contribution in [-0.2, 0) is 17.8 Å². The first-order valence-electron chi connectivity index (χ1n) is 8.28. The number of ether oxygens (including phenoxy) is 1. The maximum atomic E-state index is 5.95. The summed E-state index contributed by atoms with van der Waals surface area (Å²) in [5, 5.41) is 8.42. The standard InChI is InChI=1S/C18H25ClN4OS.HI/c1-13-14(2)25-17(23-13)7-8-21-18(20-3)22-9-10-24-12-15-5-4-6-16(19)11-15;/h4-6,11H,7-10,12H2,1-3H3,(H2,20,21,22);1H. The highest BCUT2D eigenvalue weighted by molar-refractivity contribution is 14.0. The molecule has 0 amide bonds. The van der Waals surface area contributed by atoms with E-state index in [1.54, 1.807) is 18.4 Å². The Labute approximate surface area is 181 Å². The molecule has 26 heavy (non-hydrogen) atoms. The third-order valence-corrected chi connectivity index (χ3v) is 4.99. The number of nitrogens with one attached hydrogen (secondary N) is 2. The first kappa shape index (κ1) is 23.1. The van der Waals surface area contributed by atoms with Gasteiger partial charge in [-0.3, -0.25) is 4.99 Å². The molecule has 0 aliphatic rings. The molecule has 0 spiro atoms. The molecule has 0 fully saturated rings. The summed E-state index contributed by atoms with van der Waals surface area (Å²) in [5.41, 5.74) is 2.20. The van der Waals surface area contributed by atoms with Crippen molar-refractivity contribution in [2.45, 2.75) is 26.9 Å². The maximum absolute atomic E-state index is 5.95. The molecule has 0 saturated heterocycles. The van der Waals surface area contributed by atoms with Crippen molar-refractivity contribution in [3.05, 3.63) is 50.4 Å². The fourth-order valence-electron chi connectivity index (χ4n) is 2.21. The van der Waals surface area contributed by atoms with Gasteiger partial charge in [0, 0.05) is 36.5 Å². The molecule has 0 aliphatic carbocycles. The minimum atomic E-state index is 0. The average molecular weight is 509 g/mol. The molecule has 2 N–H and O–H groups in total. The molecular formula is C18H26ClIN4OS. The van der Waals surface area contributed by atoms with Gasteiger partial charge < -0.3 is 15.4 Å². The zero-order valence-corrected chi connectivity index (χ0v) is 19.2. The topological polar surface area (TPSA) is 58.5 Å². The largest absolute Gasteiger partial charge is 0.375 e. The smallest absolute Gasteiger partial charge is 0.191 e. The summed E-state index contributed by atoms with van der Waals surface area (Å²) in [6, 6.07) is 7.70. The number of aromatic nitrogens is 1. The molecule has 0 radical (unpaired) electrons. The Hall–Kier alpha value is -0.900. The second-order valence-electron chi connectivity index (χ2n) is 5.61. The van der Waals surface area contributed by atoms with Crippen LogP contribution in [0.25, 0.3) is 0 Å². The first-order chi connectivity index (χ1) is 12.1. The van der Waals surface area contributed by atoms with Gasteiger partial charge in [-0.1, -0.05) is 23.7 Å². The third kappa shape index (κ3) is 8.20. The van der Waals surface area contributed by atoms with Crippen molar-refractivity contribution >= 4 is 52.9 Å². The molecule has 0 aliphatic heterocycles. The molecule has 1 aromatic heterocycles. The van der Waals surface area contributed by atoms with Crippen LogP contribution in [0.1, 0.15) is 21.1 Å². The molecule has 0 unspecified atom stereocenters. The van der Waals surface area contributed by atoms with E-state index in [1.807, 2.05) is 31.2 Å². The molecule has 2 rings (SSSR count). The van der Waals surface area contributed by atoms with Crippen molar-refractivity contribution in [1.82, 2.24) is 15.6 Å². The number of guanidine groups is 1. The number of rotatable bonds is 8. The molecule has 2 aromatic rings. The number of hydrogen-bond donors (Lipinski definition) is 2. The van der Waals surface area contributed by atoms with Gasteiger partial charge in [-0.15, -0.1) is 35.3 Å². The van der Waals surface area contributed by atoms with Crippen LogP contribution in [0.4, 0.5) is 0 Å². The van der Waals surface area contributed by atoms with Crippen molar-refractivity contribution in [2.24, 2.45) is 4.99 Å². The Morgan fingerprint density at radius 1 is 1.27 bits per heavy atom. The Kier molecular flexibility index (Phi) is 11.1. The second-order valence-corrected chi connectivity index (χ2v) is 7.33. The summed E-state index contributed by atoms with van der Waals surface area (Å²) >= 11 is 7.71. The van der Waals surface area contributed by atoms with E-state index in [1.165, 1.54) is 4.88 Å². The van der Waals surface area contributed by atoms with Crippen LogP contribution in [-0.4, -0.2) is 37.7 Å². The quantitative estimate of drug-likeness (QED) is 0.245. The van der Waals surface area contributed by atoms with E-state index >= 15 is 0 Å². The van der Waals surface area contributed by atoms with Gasteiger partial charge in [0.05, 0.1) is 23.9 Å². The summed E-state index contributed by atoms with van der Waals surface area (Å²) in [7, 11) is 1.76. The summed E-state index contributed by atoms with van der Waals surface area (Å²) in [6.07, 6.45) is 0.894. The van der Waals surface area contributed by atoms with Crippen molar-refractivity contribution in [3.8, 4) is 0 Å². The maximum Gasteiger partial charge on any atom is 0.191 e. The van der Waals surface area contributed by atoms with E-state index in [4.69, 9.17) is 16.3 Å². The van der Waals surface area contributed by atoms with Gasteiger partial charge in [0.15, 0.2) is 5.96 Å². The molecule has 0 saturated carbocycles. The fourth-order valence-corrected chi connectivity index (χ4v) is 3.36. The average Bonchev–Trinajstić information content (AvgIpc) is 2.91. The van der Waals surface area contributed by atoms with Gasteiger partial charge >= 0.3 is 0 Å². The lowest BCUT2D eigenvalue weighted by Gasteiger charge is -2.11. The number of aliphatic imine (C=N–C) groups is 1. The summed E-state index contributed by atoms with van der Waals surface area (Å²) in [4.78, 5) is 10.0. The summed E-state index contributed by atoms with van der Waals surface area (Å²) in [6.45, 7) is 6.79. The van der Waals surface area contributed by atoms with Gasteiger partial charge in [-0.05, 0) is 31.5 Å². The Balaban J connectivity index is 0.00000338. The lowest BCUT2D eigenvalue weighted by atomic mass is 10.2.